The first-order chi connectivity index (χ1) is 11.7. The Morgan fingerprint density at radius 2 is 2.08 bits per heavy atom. The zero-order valence-corrected chi connectivity index (χ0v) is 14.1. The van der Waals surface area contributed by atoms with Crippen LogP contribution in [0.5, 0.6) is 0 Å². The van der Waals surface area contributed by atoms with Gasteiger partial charge < -0.3 is 4.74 Å². The number of thioether (sulfide) groups is 1. The van der Waals surface area contributed by atoms with E-state index in [0.717, 1.165) is 33.5 Å². The van der Waals surface area contributed by atoms with Gasteiger partial charge in [-0.15, -0.1) is 11.8 Å². The number of ether oxygens (including phenoxy) is 1. The fraction of sp³-hybridized carbons (Fsp3) is 0.368. The predicted octanol–water partition coefficient (Wildman–Crippen LogP) is 2.80. The molecule has 0 radical (unpaired) electrons. The summed E-state index contributed by atoms with van der Waals surface area (Å²) in [5.41, 5.74) is 0.848. The van der Waals surface area contributed by atoms with Gasteiger partial charge in [-0.1, -0.05) is 36.4 Å². The molecule has 122 valence electrons. The van der Waals surface area contributed by atoms with E-state index < -0.39 is 11.5 Å². The van der Waals surface area contributed by atoms with Gasteiger partial charge in [0.2, 0.25) is 0 Å². The van der Waals surface area contributed by atoms with Crippen LogP contribution in [0, 0.1) is 5.92 Å². The van der Waals surface area contributed by atoms with Crippen molar-refractivity contribution in [2.75, 3.05) is 18.7 Å². The quantitative estimate of drug-likeness (QED) is 0.748. The van der Waals surface area contributed by atoms with Gasteiger partial charge in [-0.2, -0.15) is 0 Å². The van der Waals surface area contributed by atoms with Crippen LogP contribution in [0.4, 0.5) is 0 Å². The minimum atomic E-state index is -0.884. The van der Waals surface area contributed by atoms with Crippen molar-refractivity contribution in [2.45, 2.75) is 18.0 Å². The molecule has 0 aromatic heterocycles. The Morgan fingerprint density at radius 3 is 2.88 bits per heavy atom. The average Bonchev–Trinajstić information content (AvgIpc) is 3.25. The van der Waals surface area contributed by atoms with Gasteiger partial charge in [-0.25, -0.2) is 0 Å². The molecular weight excluding hydrogens is 322 g/mol. The van der Waals surface area contributed by atoms with Gasteiger partial charge in [-0.05, 0) is 22.8 Å². The minimum Gasteiger partial charge on any atom is -0.469 e. The first-order valence-corrected chi connectivity index (χ1v) is 9.34. The fourth-order valence-electron chi connectivity index (χ4n) is 4.93. The molecule has 0 amide bonds. The predicted molar refractivity (Wildman–Crippen MR) is 93.0 cm³/mol. The number of hydrogen-bond acceptors (Lipinski definition) is 5. The second-order valence-electron chi connectivity index (χ2n) is 6.74. The Hall–Kier alpha value is -1.85. The normalized spacial score (nSPS) is 31.1. The molecule has 3 aliphatic rings. The molecule has 3 atom stereocenters. The third kappa shape index (κ3) is 1.50. The van der Waals surface area contributed by atoms with Crippen molar-refractivity contribution in [3.8, 4) is 0 Å². The number of carbonyl (C=O) groups excluding carboxylic acids is 2. The lowest BCUT2D eigenvalue weighted by molar-refractivity contribution is -0.147. The van der Waals surface area contributed by atoms with Gasteiger partial charge in [0.25, 0.3) is 0 Å². The summed E-state index contributed by atoms with van der Waals surface area (Å²) in [4.78, 5) is 28.5. The van der Waals surface area contributed by atoms with Crippen molar-refractivity contribution >= 4 is 34.3 Å². The van der Waals surface area contributed by atoms with Gasteiger partial charge in [0.1, 0.15) is 5.54 Å². The van der Waals surface area contributed by atoms with Crippen molar-refractivity contribution < 1.29 is 14.3 Å². The molecule has 1 spiro atoms. The third-order valence-electron chi connectivity index (χ3n) is 5.84. The number of rotatable bonds is 1. The smallest absolute Gasteiger partial charge is 0.311 e. The van der Waals surface area contributed by atoms with E-state index in [1.54, 1.807) is 0 Å². The molecule has 2 saturated heterocycles. The lowest BCUT2D eigenvalue weighted by Gasteiger charge is -2.37. The van der Waals surface area contributed by atoms with E-state index in [9.17, 15) is 9.59 Å². The summed E-state index contributed by atoms with van der Waals surface area (Å²) in [6, 6.07) is 12.2. The van der Waals surface area contributed by atoms with E-state index in [1.807, 2.05) is 48.2 Å². The molecule has 4 nitrogen and oxygen atoms in total. The number of ketones is 1. The highest BCUT2D eigenvalue weighted by Crippen LogP contribution is 2.57. The van der Waals surface area contributed by atoms with Gasteiger partial charge in [-0.3, -0.25) is 14.5 Å². The maximum Gasteiger partial charge on any atom is 0.311 e. The molecule has 5 heteroatoms. The van der Waals surface area contributed by atoms with Crippen LogP contribution in [0.15, 0.2) is 36.4 Å². The fourth-order valence-corrected chi connectivity index (χ4v) is 6.23. The van der Waals surface area contributed by atoms with Gasteiger partial charge in [0.05, 0.1) is 13.0 Å². The molecule has 2 heterocycles. The van der Waals surface area contributed by atoms with E-state index in [-0.39, 0.29) is 17.8 Å². The number of benzene rings is 2. The standard InChI is InChI=1S/C19H17NO3S/c1-23-18(22)15-8-12-9-24-10-20(12)19(15)14-7-3-5-11-4-2-6-13(16(11)14)17(19)21/h2-7,12,15H,8-10H2,1H3/t12-,15+,19-/m1/s1. The van der Waals surface area contributed by atoms with Crippen molar-refractivity contribution in [1.29, 1.82) is 0 Å². The highest BCUT2D eigenvalue weighted by molar-refractivity contribution is 7.99. The summed E-state index contributed by atoms with van der Waals surface area (Å²) in [6.45, 7) is 0. The lowest BCUT2D eigenvalue weighted by atomic mass is 9.78. The van der Waals surface area contributed by atoms with Crippen LogP contribution in [-0.4, -0.2) is 41.4 Å². The Balaban J connectivity index is 1.84. The van der Waals surface area contributed by atoms with Crippen LogP contribution in [0.25, 0.3) is 10.8 Å². The molecule has 1 aliphatic carbocycles. The number of carbonyl (C=O) groups is 2. The van der Waals surface area contributed by atoms with Crippen LogP contribution in [0.3, 0.4) is 0 Å². The van der Waals surface area contributed by atoms with Crippen LogP contribution in [0.2, 0.25) is 0 Å². The SMILES string of the molecule is COC(=O)[C@@H]1C[C@@H]2CSCN2[C@@]12C(=O)c1cccc3cccc2c13. The molecular formula is C19H17NO3S. The molecule has 5 rings (SSSR count). The number of nitrogens with zero attached hydrogens (tertiary/aromatic N) is 1. The molecule has 0 saturated carbocycles. The second kappa shape index (κ2) is 4.83. The van der Waals surface area contributed by atoms with Gasteiger partial charge >= 0.3 is 5.97 Å². The van der Waals surface area contributed by atoms with Crippen LogP contribution in [0.1, 0.15) is 22.3 Å². The number of hydrogen-bond donors (Lipinski definition) is 0. The number of methoxy groups -OCH3 is 1. The van der Waals surface area contributed by atoms with Crippen LogP contribution >= 0.6 is 11.8 Å². The van der Waals surface area contributed by atoms with E-state index in [0.29, 0.717) is 6.42 Å². The molecule has 2 fully saturated rings. The molecule has 2 aromatic rings. The van der Waals surface area contributed by atoms with E-state index in [4.69, 9.17) is 4.74 Å². The summed E-state index contributed by atoms with van der Waals surface area (Å²) in [7, 11) is 1.42. The van der Waals surface area contributed by atoms with Gasteiger partial charge in [0, 0.05) is 23.2 Å². The number of fused-ring (bicyclic) bond motifs is 3. The molecule has 0 N–H and O–H groups in total. The summed E-state index contributed by atoms with van der Waals surface area (Å²) in [6.07, 6.45) is 0.690. The lowest BCUT2D eigenvalue weighted by Crippen LogP contribution is -2.51. The molecule has 0 unspecified atom stereocenters. The summed E-state index contributed by atoms with van der Waals surface area (Å²) >= 11 is 1.84. The van der Waals surface area contributed by atoms with E-state index in [2.05, 4.69) is 4.90 Å². The Morgan fingerprint density at radius 1 is 1.29 bits per heavy atom. The molecule has 0 bridgehead atoms. The van der Waals surface area contributed by atoms with Crippen LogP contribution < -0.4 is 0 Å². The average molecular weight is 339 g/mol. The monoisotopic (exact) mass is 339 g/mol. The van der Waals surface area contributed by atoms with Crippen molar-refractivity contribution in [3.63, 3.8) is 0 Å². The maximum absolute atomic E-state index is 13.6. The highest BCUT2D eigenvalue weighted by Gasteiger charge is 2.65. The van der Waals surface area contributed by atoms with Gasteiger partial charge in [0.15, 0.2) is 5.78 Å². The number of esters is 1. The van der Waals surface area contributed by atoms with Crippen LogP contribution in [-0.2, 0) is 15.1 Å². The zero-order chi connectivity index (χ0) is 16.5. The largest absolute Gasteiger partial charge is 0.469 e. The first-order valence-electron chi connectivity index (χ1n) is 8.19. The molecule has 24 heavy (non-hydrogen) atoms. The van der Waals surface area contributed by atoms with Crippen molar-refractivity contribution in [3.05, 3.63) is 47.5 Å². The maximum atomic E-state index is 13.6. The van der Waals surface area contributed by atoms with Crippen molar-refractivity contribution in [1.82, 2.24) is 4.90 Å². The highest BCUT2D eigenvalue weighted by atomic mass is 32.2. The Labute approximate surface area is 144 Å². The summed E-state index contributed by atoms with van der Waals surface area (Å²) in [5.74, 6) is 1.12. The summed E-state index contributed by atoms with van der Waals surface area (Å²) in [5, 5.41) is 2.07. The Kier molecular flexibility index (Phi) is 2.92. The molecule has 2 aliphatic heterocycles. The Bertz CT molecular complexity index is 890. The second-order valence-corrected chi connectivity index (χ2v) is 7.74. The third-order valence-corrected chi connectivity index (χ3v) is 6.92. The van der Waals surface area contributed by atoms with Crippen molar-refractivity contribution in [2.24, 2.45) is 5.92 Å². The zero-order valence-electron chi connectivity index (χ0n) is 13.3. The molecule has 2 aromatic carbocycles. The van der Waals surface area contributed by atoms with E-state index in [1.165, 1.54) is 7.11 Å². The first kappa shape index (κ1) is 14.5. The minimum absolute atomic E-state index is 0.0645. The topological polar surface area (TPSA) is 46.6 Å². The van der Waals surface area contributed by atoms with E-state index >= 15 is 0 Å². The number of Topliss-reactive ketones (excluding diaryl/α,β-unsaturated/α-hetero) is 1. The summed E-state index contributed by atoms with van der Waals surface area (Å²) < 4.78 is 5.10.